The van der Waals surface area contributed by atoms with Gasteiger partial charge in [0.2, 0.25) is 5.91 Å². The van der Waals surface area contributed by atoms with Gasteiger partial charge >= 0.3 is 5.97 Å². The van der Waals surface area contributed by atoms with Crippen LogP contribution in [0.25, 0.3) is 0 Å². The number of hydrogen-bond acceptors (Lipinski definition) is 3. The number of nitrogens with zero attached hydrogens (tertiary/aromatic N) is 2. The largest absolute Gasteiger partial charge is 0.479 e. The molecule has 1 aromatic carbocycles. The van der Waals surface area contributed by atoms with E-state index in [-0.39, 0.29) is 11.8 Å². The van der Waals surface area contributed by atoms with Crippen molar-refractivity contribution in [1.82, 2.24) is 9.78 Å². The Balaban J connectivity index is 2.10. The molecule has 2 aromatic rings. The van der Waals surface area contributed by atoms with Crippen LogP contribution in [0, 0.1) is 0 Å². The maximum atomic E-state index is 12.2. The summed E-state index contributed by atoms with van der Waals surface area (Å²) in [6.45, 7) is 4.90. The Morgan fingerprint density at radius 3 is 2.50 bits per heavy atom. The van der Waals surface area contributed by atoms with Crippen LogP contribution in [0.15, 0.2) is 42.7 Å². The fourth-order valence-electron chi connectivity index (χ4n) is 1.93. The Hall–Kier alpha value is -2.63. The number of hydrogen-bond donors (Lipinski definition) is 2. The van der Waals surface area contributed by atoms with Crippen molar-refractivity contribution in [3.8, 4) is 0 Å². The number of aromatic nitrogens is 2. The molecule has 0 aliphatic heterocycles. The maximum absolute atomic E-state index is 12.2. The van der Waals surface area contributed by atoms with Crippen LogP contribution in [-0.2, 0) is 15.1 Å². The van der Waals surface area contributed by atoms with Crippen LogP contribution in [0.5, 0.6) is 0 Å². The highest BCUT2D eigenvalue weighted by Gasteiger charge is 2.30. The van der Waals surface area contributed by atoms with Crippen molar-refractivity contribution in [3.63, 3.8) is 0 Å². The highest BCUT2D eigenvalue weighted by Crippen LogP contribution is 2.20. The number of anilines is 1. The summed E-state index contributed by atoms with van der Waals surface area (Å²) in [5.74, 6) is -1.47. The standard InChI is InChI=1S/C16H19N3O3/c1-11(12-7-5-4-6-8-12)14(20)18-13-9-17-19(10-13)16(2,3)15(21)22/h4-11H,1-3H3,(H,18,20)(H,21,22)/t11-/m1/s1. The zero-order valence-corrected chi connectivity index (χ0v) is 12.8. The zero-order chi connectivity index (χ0) is 16.3. The lowest BCUT2D eigenvalue weighted by atomic mass is 10.0. The topological polar surface area (TPSA) is 84.2 Å². The third-order valence-corrected chi connectivity index (χ3v) is 3.64. The van der Waals surface area contributed by atoms with Crippen molar-refractivity contribution in [2.75, 3.05) is 5.32 Å². The molecule has 1 amide bonds. The smallest absolute Gasteiger partial charge is 0.331 e. The number of carbonyl (C=O) groups excluding carboxylic acids is 1. The minimum atomic E-state index is -1.17. The highest BCUT2D eigenvalue weighted by molar-refractivity contribution is 5.95. The lowest BCUT2D eigenvalue weighted by molar-refractivity contribution is -0.146. The summed E-state index contributed by atoms with van der Waals surface area (Å²) in [5.41, 5.74) is 0.217. The summed E-state index contributed by atoms with van der Waals surface area (Å²) in [5, 5.41) is 15.9. The molecule has 0 radical (unpaired) electrons. The van der Waals surface area contributed by atoms with Gasteiger partial charge in [0.05, 0.1) is 17.8 Å². The second-order valence-electron chi connectivity index (χ2n) is 5.66. The number of carbonyl (C=O) groups is 2. The maximum Gasteiger partial charge on any atom is 0.331 e. The van der Waals surface area contributed by atoms with Gasteiger partial charge in [0.25, 0.3) is 0 Å². The number of aliphatic carboxylic acids is 1. The Bertz CT molecular complexity index is 677. The number of benzene rings is 1. The van der Waals surface area contributed by atoms with E-state index in [0.29, 0.717) is 5.69 Å². The number of nitrogens with one attached hydrogen (secondary N) is 1. The van der Waals surface area contributed by atoms with Crippen molar-refractivity contribution in [1.29, 1.82) is 0 Å². The molecule has 22 heavy (non-hydrogen) atoms. The summed E-state index contributed by atoms with van der Waals surface area (Å²) in [7, 11) is 0. The van der Waals surface area contributed by atoms with E-state index in [1.54, 1.807) is 13.8 Å². The third-order valence-electron chi connectivity index (χ3n) is 3.64. The van der Waals surface area contributed by atoms with Crippen LogP contribution in [0.2, 0.25) is 0 Å². The van der Waals surface area contributed by atoms with Gasteiger partial charge < -0.3 is 10.4 Å². The van der Waals surface area contributed by atoms with Gasteiger partial charge in [-0.3, -0.25) is 9.48 Å². The summed E-state index contributed by atoms with van der Waals surface area (Å²) in [4.78, 5) is 23.4. The molecule has 0 spiro atoms. The molecule has 0 unspecified atom stereocenters. The summed E-state index contributed by atoms with van der Waals surface area (Å²) in [6.07, 6.45) is 2.96. The molecule has 0 aliphatic carbocycles. The van der Waals surface area contributed by atoms with Crippen molar-refractivity contribution in [3.05, 3.63) is 48.3 Å². The first kappa shape index (κ1) is 15.8. The van der Waals surface area contributed by atoms with E-state index in [2.05, 4.69) is 10.4 Å². The first-order chi connectivity index (χ1) is 10.3. The minimum absolute atomic E-state index is 0.168. The van der Waals surface area contributed by atoms with Gasteiger partial charge in [-0.25, -0.2) is 4.79 Å². The molecule has 0 bridgehead atoms. The van der Waals surface area contributed by atoms with E-state index in [0.717, 1.165) is 5.56 Å². The van der Waals surface area contributed by atoms with E-state index in [1.807, 2.05) is 37.3 Å². The van der Waals surface area contributed by atoms with Crippen LogP contribution >= 0.6 is 0 Å². The molecule has 0 saturated heterocycles. The van der Waals surface area contributed by atoms with E-state index < -0.39 is 11.5 Å². The Labute approximate surface area is 128 Å². The Morgan fingerprint density at radius 1 is 1.27 bits per heavy atom. The lowest BCUT2D eigenvalue weighted by Crippen LogP contribution is -2.35. The van der Waals surface area contributed by atoms with Crippen molar-refractivity contribution in [2.45, 2.75) is 32.2 Å². The summed E-state index contributed by atoms with van der Waals surface area (Å²) < 4.78 is 1.32. The van der Waals surface area contributed by atoms with Crippen molar-refractivity contribution < 1.29 is 14.7 Å². The van der Waals surface area contributed by atoms with Crippen LogP contribution < -0.4 is 5.32 Å². The van der Waals surface area contributed by atoms with Gasteiger partial charge in [0.1, 0.15) is 0 Å². The van der Waals surface area contributed by atoms with Gasteiger partial charge in [-0.15, -0.1) is 0 Å². The fraction of sp³-hybridized carbons (Fsp3) is 0.312. The molecule has 1 heterocycles. The van der Waals surface area contributed by atoms with Gasteiger partial charge in [-0.2, -0.15) is 5.10 Å². The first-order valence-corrected chi connectivity index (χ1v) is 6.96. The van der Waals surface area contributed by atoms with Crippen LogP contribution in [0.1, 0.15) is 32.3 Å². The molecule has 0 saturated carbocycles. The second-order valence-corrected chi connectivity index (χ2v) is 5.66. The molecule has 6 nitrogen and oxygen atoms in total. The molecule has 6 heteroatoms. The van der Waals surface area contributed by atoms with Gasteiger partial charge in [-0.1, -0.05) is 30.3 Å². The molecular weight excluding hydrogens is 282 g/mol. The molecule has 1 atom stereocenters. The molecule has 0 fully saturated rings. The van der Waals surface area contributed by atoms with Crippen LogP contribution in [-0.4, -0.2) is 26.8 Å². The SMILES string of the molecule is C[C@@H](C(=O)Nc1cnn(C(C)(C)C(=O)O)c1)c1ccccc1. The Kier molecular flexibility index (Phi) is 4.30. The van der Waals surface area contributed by atoms with E-state index in [1.165, 1.54) is 17.1 Å². The third kappa shape index (κ3) is 3.16. The number of amides is 1. The predicted octanol–water partition coefficient (Wildman–Crippen LogP) is 2.45. The molecule has 116 valence electrons. The van der Waals surface area contributed by atoms with Gasteiger partial charge in [0, 0.05) is 6.20 Å². The number of rotatable bonds is 5. The monoisotopic (exact) mass is 301 g/mol. The molecule has 0 aliphatic rings. The number of carboxylic acids is 1. The normalized spacial score (nSPS) is 12.7. The van der Waals surface area contributed by atoms with Crippen molar-refractivity contribution in [2.24, 2.45) is 0 Å². The van der Waals surface area contributed by atoms with E-state index in [9.17, 15) is 14.7 Å². The zero-order valence-electron chi connectivity index (χ0n) is 12.8. The first-order valence-electron chi connectivity index (χ1n) is 6.96. The second kappa shape index (κ2) is 6.01. The Morgan fingerprint density at radius 2 is 1.91 bits per heavy atom. The molecule has 2 rings (SSSR count). The average Bonchev–Trinajstić information content (AvgIpc) is 2.96. The van der Waals surface area contributed by atoms with Gasteiger partial charge in [0.15, 0.2) is 5.54 Å². The predicted molar refractivity (Wildman–Crippen MR) is 82.7 cm³/mol. The van der Waals surface area contributed by atoms with Gasteiger partial charge in [-0.05, 0) is 26.3 Å². The highest BCUT2D eigenvalue weighted by atomic mass is 16.4. The summed E-state index contributed by atoms with van der Waals surface area (Å²) >= 11 is 0. The van der Waals surface area contributed by atoms with Crippen LogP contribution in [0.4, 0.5) is 5.69 Å². The quantitative estimate of drug-likeness (QED) is 0.888. The van der Waals surface area contributed by atoms with Crippen LogP contribution in [0.3, 0.4) is 0 Å². The average molecular weight is 301 g/mol. The molecule has 2 N–H and O–H groups in total. The van der Waals surface area contributed by atoms with E-state index in [4.69, 9.17) is 0 Å². The minimum Gasteiger partial charge on any atom is -0.479 e. The lowest BCUT2D eigenvalue weighted by Gasteiger charge is -2.19. The molecular formula is C16H19N3O3. The number of carboxylic acid groups (broad SMARTS) is 1. The fourth-order valence-corrected chi connectivity index (χ4v) is 1.93. The van der Waals surface area contributed by atoms with Crippen molar-refractivity contribution >= 4 is 17.6 Å². The summed E-state index contributed by atoms with van der Waals surface area (Å²) in [6, 6.07) is 9.44. The van der Waals surface area contributed by atoms with E-state index >= 15 is 0 Å². The molecule has 1 aromatic heterocycles.